The van der Waals surface area contributed by atoms with E-state index in [1.165, 1.54) is 96.3 Å². The van der Waals surface area contributed by atoms with E-state index in [4.69, 9.17) is 10.1 Å². The van der Waals surface area contributed by atoms with Gasteiger partial charge in [-0.15, -0.1) is 0 Å². The first-order chi connectivity index (χ1) is 23.7. The molecule has 0 saturated carbocycles. The van der Waals surface area contributed by atoms with Crippen molar-refractivity contribution in [1.82, 2.24) is 15.5 Å². The number of nitrogens with zero attached hydrogens (tertiary/aromatic N) is 1. The van der Waals surface area contributed by atoms with Gasteiger partial charge in [-0.3, -0.25) is 0 Å². The molecule has 0 radical (unpaired) electrons. The summed E-state index contributed by atoms with van der Waals surface area (Å²) in [5.41, 5.74) is 0.930. The fraction of sp³-hybridized carbons (Fsp3) is 0.791. The van der Waals surface area contributed by atoms with Crippen molar-refractivity contribution in [1.29, 1.82) is 5.41 Å². The summed E-state index contributed by atoms with van der Waals surface area (Å²) in [6.07, 6.45) is 45.9. The van der Waals surface area contributed by atoms with Gasteiger partial charge in [0, 0.05) is 18.9 Å². The molecule has 0 heterocycles. The normalized spacial score (nSPS) is 12.9. The third-order valence-corrected chi connectivity index (χ3v) is 9.14. The summed E-state index contributed by atoms with van der Waals surface area (Å²) in [6, 6.07) is 0. The Morgan fingerprint density at radius 3 is 1.85 bits per heavy atom. The van der Waals surface area contributed by atoms with Crippen LogP contribution >= 0.6 is 0 Å². The van der Waals surface area contributed by atoms with Gasteiger partial charge < -0.3 is 25.7 Å². The molecule has 0 aromatic rings. The van der Waals surface area contributed by atoms with Gasteiger partial charge in [0.2, 0.25) is 0 Å². The molecule has 1 atom stereocenters. The molecular weight excluding hydrogens is 589 g/mol. The third kappa shape index (κ3) is 35.6. The second-order valence-electron chi connectivity index (χ2n) is 13.5. The number of ether oxygens (including phenoxy) is 1. The van der Waals surface area contributed by atoms with Crippen LogP contribution in [-0.2, 0) is 4.74 Å². The van der Waals surface area contributed by atoms with Crippen LogP contribution in [-0.4, -0.2) is 56.0 Å². The summed E-state index contributed by atoms with van der Waals surface area (Å²) in [5.74, 6) is 0. The fourth-order valence-corrected chi connectivity index (χ4v) is 5.83. The number of nitrogens with one attached hydrogen (secondary N) is 3. The quantitative estimate of drug-likeness (QED) is 0.0347. The Balaban J connectivity index is 3.96. The second kappa shape index (κ2) is 39.7. The molecule has 0 fully saturated rings. The van der Waals surface area contributed by atoms with Crippen LogP contribution in [0.15, 0.2) is 48.9 Å². The first-order valence-electron chi connectivity index (χ1n) is 20.6. The number of hydrogen-bond donors (Lipinski definition) is 3. The monoisotopic (exact) mass is 671 g/mol. The fourth-order valence-electron chi connectivity index (χ4n) is 5.83. The van der Waals surface area contributed by atoms with E-state index in [1.54, 1.807) is 0 Å². The van der Waals surface area contributed by atoms with Crippen LogP contribution in [0, 0.1) is 5.41 Å². The Morgan fingerprint density at radius 2 is 1.21 bits per heavy atom. The lowest BCUT2D eigenvalue weighted by Gasteiger charge is -2.23. The highest BCUT2D eigenvalue weighted by Crippen LogP contribution is 2.15. The summed E-state index contributed by atoms with van der Waals surface area (Å²) in [6.45, 7) is 15.2. The highest BCUT2D eigenvalue weighted by Gasteiger charge is 2.12. The molecule has 48 heavy (non-hydrogen) atoms. The van der Waals surface area contributed by atoms with Gasteiger partial charge in [0.1, 0.15) is 0 Å². The van der Waals surface area contributed by atoms with Crippen molar-refractivity contribution in [2.45, 2.75) is 181 Å². The lowest BCUT2D eigenvalue weighted by Crippen LogP contribution is -2.28. The Bertz CT molecular complexity index is 771. The van der Waals surface area contributed by atoms with Crippen molar-refractivity contribution in [2.75, 3.05) is 39.3 Å². The minimum atomic E-state index is 0.291. The number of rotatable bonds is 38. The molecule has 3 N–H and O–H groups in total. The molecule has 5 heteroatoms. The topological polar surface area (TPSA) is 60.4 Å². The molecule has 0 aliphatic rings. The zero-order chi connectivity index (χ0) is 35.0. The summed E-state index contributed by atoms with van der Waals surface area (Å²) < 4.78 is 6.42. The van der Waals surface area contributed by atoms with E-state index in [-0.39, 0.29) is 0 Å². The molecule has 0 aliphatic heterocycles. The molecule has 280 valence electrons. The van der Waals surface area contributed by atoms with Crippen molar-refractivity contribution in [3.63, 3.8) is 0 Å². The highest BCUT2D eigenvalue weighted by molar-refractivity contribution is 5.81. The van der Waals surface area contributed by atoms with Crippen LogP contribution in [0.3, 0.4) is 0 Å². The van der Waals surface area contributed by atoms with Gasteiger partial charge >= 0.3 is 0 Å². The summed E-state index contributed by atoms with van der Waals surface area (Å²) in [7, 11) is 0. The molecule has 0 aliphatic carbocycles. The van der Waals surface area contributed by atoms with Crippen molar-refractivity contribution in [3.8, 4) is 0 Å². The third-order valence-electron chi connectivity index (χ3n) is 9.14. The molecule has 0 aromatic heterocycles. The Labute approximate surface area is 300 Å². The number of hydrogen-bond acceptors (Lipinski definition) is 5. The minimum absolute atomic E-state index is 0.291. The van der Waals surface area contributed by atoms with E-state index >= 15 is 0 Å². The van der Waals surface area contributed by atoms with E-state index in [1.807, 2.05) is 6.20 Å². The maximum Gasteiger partial charge on any atom is 0.0591 e. The van der Waals surface area contributed by atoms with Gasteiger partial charge in [-0.1, -0.05) is 122 Å². The van der Waals surface area contributed by atoms with E-state index in [2.05, 4.69) is 85.9 Å². The standard InChI is InChI=1S/C43H82N4O/c1-5-9-10-11-12-13-14-15-16-17-18-19-22-25-28-33-42(44)34-35-43(36-40-47(7-3)8-4)48-41-32-27-24-21-20-23-26-29-38-46-39-31-30-37-45-6-2/h12-13,15-16,29,31,38-39,43-46H,5-11,14,17-28,30,32-37,40-41H2,1-4H3/b13-12-,16-15-,38-29-,39-31-,44-42?. The maximum absolute atomic E-state index is 8.56. The molecule has 1 unspecified atom stereocenters. The molecular formula is C43H82N4O. The summed E-state index contributed by atoms with van der Waals surface area (Å²) >= 11 is 0. The van der Waals surface area contributed by atoms with Crippen LogP contribution in [0.2, 0.25) is 0 Å². The largest absolute Gasteiger partial charge is 0.378 e. The molecule has 0 amide bonds. The molecule has 0 bridgehead atoms. The van der Waals surface area contributed by atoms with Crippen LogP contribution < -0.4 is 10.6 Å². The van der Waals surface area contributed by atoms with Gasteiger partial charge in [-0.2, -0.15) is 0 Å². The summed E-state index contributed by atoms with van der Waals surface area (Å²) in [4.78, 5) is 2.50. The Morgan fingerprint density at radius 1 is 0.625 bits per heavy atom. The molecule has 0 saturated heterocycles. The average Bonchev–Trinajstić information content (AvgIpc) is 3.10. The van der Waals surface area contributed by atoms with Gasteiger partial charge in [0.25, 0.3) is 0 Å². The van der Waals surface area contributed by atoms with Gasteiger partial charge in [-0.05, 0) is 128 Å². The van der Waals surface area contributed by atoms with Crippen molar-refractivity contribution < 1.29 is 4.74 Å². The first-order valence-corrected chi connectivity index (χ1v) is 20.6. The predicted octanol–water partition coefficient (Wildman–Crippen LogP) is 12.1. The molecule has 0 spiro atoms. The molecule has 5 nitrogen and oxygen atoms in total. The SMILES string of the molecule is CCCCC/C=C\C/C=C\CCCCCCCC(=N)CCC(CCN(CC)CC)OCCCCCCCC/C=C\N/C=C\CCNCC. The summed E-state index contributed by atoms with van der Waals surface area (Å²) in [5, 5.41) is 15.1. The van der Waals surface area contributed by atoms with E-state index < -0.39 is 0 Å². The second-order valence-corrected chi connectivity index (χ2v) is 13.5. The van der Waals surface area contributed by atoms with Crippen molar-refractivity contribution in [2.24, 2.45) is 0 Å². The smallest absolute Gasteiger partial charge is 0.0591 e. The molecule has 0 aromatic carbocycles. The zero-order valence-electron chi connectivity index (χ0n) is 32.6. The van der Waals surface area contributed by atoms with Crippen LogP contribution in [0.5, 0.6) is 0 Å². The Hall–Kier alpha value is -1.69. The van der Waals surface area contributed by atoms with Crippen molar-refractivity contribution >= 4 is 5.71 Å². The van der Waals surface area contributed by atoms with Gasteiger partial charge in [-0.25, -0.2) is 0 Å². The van der Waals surface area contributed by atoms with Crippen LogP contribution in [0.25, 0.3) is 0 Å². The van der Waals surface area contributed by atoms with Crippen molar-refractivity contribution in [3.05, 3.63) is 48.9 Å². The molecule has 0 rings (SSSR count). The van der Waals surface area contributed by atoms with E-state index in [0.717, 1.165) is 96.4 Å². The maximum atomic E-state index is 8.56. The predicted molar refractivity (Wildman–Crippen MR) is 215 cm³/mol. The highest BCUT2D eigenvalue weighted by atomic mass is 16.5. The van der Waals surface area contributed by atoms with E-state index in [0.29, 0.717) is 6.10 Å². The van der Waals surface area contributed by atoms with E-state index in [9.17, 15) is 0 Å². The first kappa shape index (κ1) is 46.3. The van der Waals surface area contributed by atoms with Crippen LogP contribution in [0.1, 0.15) is 175 Å². The number of unbranched alkanes of at least 4 members (excludes halogenated alkanes) is 14. The lowest BCUT2D eigenvalue weighted by atomic mass is 10.0. The van der Waals surface area contributed by atoms with Gasteiger partial charge in [0.05, 0.1) is 6.10 Å². The number of allylic oxidation sites excluding steroid dienone is 5. The zero-order valence-corrected chi connectivity index (χ0v) is 32.6. The lowest BCUT2D eigenvalue weighted by molar-refractivity contribution is 0.0339. The Kier molecular flexibility index (Phi) is 38.3. The average molecular weight is 671 g/mol. The van der Waals surface area contributed by atoms with Gasteiger partial charge in [0.15, 0.2) is 0 Å². The van der Waals surface area contributed by atoms with Crippen LogP contribution in [0.4, 0.5) is 0 Å². The minimum Gasteiger partial charge on any atom is -0.378 e.